The number of rotatable bonds is 2. The van der Waals surface area contributed by atoms with E-state index in [0.29, 0.717) is 0 Å². The van der Waals surface area contributed by atoms with Gasteiger partial charge in [0.2, 0.25) is 0 Å². The molecule has 2 heterocycles. The number of nitrogens with one attached hydrogen (secondary N) is 1. The Morgan fingerprint density at radius 3 is 3.00 bits per heavy atom. The van der Waals surface area contributed by atoms with Crippen LogP contribution in [0.5, 0.6) is 0 Å². The van der Waals surface area contributed by atoms with Crippen molar-refractivity contribution in [2.75, 3.05) is 0 Å². The predicted molar refractivity (Wildman–Crippen MR) is 53.5 cm³/mol. The van der Waals surface area contributed by atoms with E-state index in [-0.39, 0.29) is 0 Å². The highest BCUT2D eigenvalue weighted by molar-refractivity contribution is 7.13. The second kappa shape index (κ2) is 3.15. The summed E-state index contributed by atoms with van der Waals surface area (Å²) in [6.07, 6.45) is 3.10. The van der Waals surface area contributed by atoms with Gasteiger partial charge in [-0.3, -0.25) is 0 Å². The SMILES string of the molecule is CCc1cc[nH]c1-c1cccs1. The number of thiophene rings is 1. The molecule has 0 saturated heterocycles. The normalized spacial score (nSPS) is 10.4. The van der Waals surface area contributed by atoms with Crippen LogP contribution >= 0.6 is 11.3 Å². The number of hydrogen-bond acceptors (Lipinski definition) is 1. The zero-order chi connectivity index (χ0) is 8.39. The summed E-state index contributed by atoms with van der Waals surface area (Å²) in [4.78, 5) is 4.60. The van der Waals surface area contributed by atoms with Crippen molar-refractivity contribution in [1.29, 1.82) is 0 Å². The summed E-state index contributed by atoms with van der Waals surface area (Å²) < 4.78 is 0. The van der Waals surface area contributed by atoms with E-state index in [1.165, 1.54) is 16.1 Å². The molecule has 0 unspecified atom stereocenters. The van der Waals surface area contributed by atoms with Crippen LogP contribution < -0.4 is 0 Å². The molecule has 2 heteroatoms. The first-order valence-corrected chi connectivity index (χ1v) is 5.00. The maximum absolute atomic E-state index is 3.27. The molecular formula is C10H11NS. The second-order valence-electron chi connectivity index (χ2n) is 2.71. The van der Waals surface area contributed by atoms with E-state index in [9.17, 15) is 0 Å². The average molecular weight is 177 g/mol. The van der Waals surface area contributed by atoms with Gasteiger partial charge in [-0.15, -0.1) is 11.3 Å². The second-order valence-corrected chi connectivity index (χ2v) is 3.66. The monoisotopic (exact) mass is 177 g/mol. The Morgan fingerprint density at radius 2 is 2.33 bits per heavy atom. The number of H-pyrrole nitrogens is 1. The van der Waals surface area contributed by atoms with Crippen molar-refractivity contribution >= 4 is 11.3 Å². The van der Waals surface area contributed by atoms with Gasteiger partial charge in [0.25, 0.3) is 0 Å². The van der Waals surface area contributed by atoms with E-state index >= 15 is 0 Å². The number of aryl methyl sites for hydroxylation is 1. The van der Waals surface area contributed by atoms with Crippen molar-refractivity contribution in [3.05, 3.63) is 35.3 Å². The van der Waals surface area contributed by atoms with Crippen molar-refractivity contribution < 1.29 is 0 Å². The Hall–Kier alpha value is -1.02. The fraction of sp³-hybridized carbons (Fsp3) is 0.200. The van der Waals surface area contributed by atoms with Crippen LogP contribution in [0.1, 0.15) is 12.5 Å². The molecule has 0 aromatic carbocycles. The van der Waals surface area contributed by atoms with Crippen LogP contribution in [0.4, 0.5) is 0 Å². The molecule has 0 spiro atoms. The molecule has 0 atom stereocenters. The van der Waals surface area contributed by atoms with Gasteiger partial charge in [0.1, 0.15) is 0 Å². The highest BCUT2D eigenvalue weighted by atomic mass is 32.1. The van der Waals surface area contributed by atoms with Crippen LogP contribution in [0.15, 0.2) is 29.8 Å². The molecule has 0 aliphatic carbocycles. The Kier molecular flexibility index (Phi) is 2.00. The molecule has 1 N–H and O–H groups in total. The van der Waals surface area contributed by atoms with Gasteiger partial charge in [0.15, 0.2) is 0 Å². The predicted octanol–water partition coefficient (Wildman–Crippen LogP) is 3.31. The molecule has 2 rings (SSSR count). The summed E-state index contributed by atoms with van der Waals surface area (Å²) >= 11 is 1.78. The molecule has 0 aliphatic heterocycles. The molecule has 0 aliphatic rings. The van der Waals surface area contributed by atoms with Gasteiger partial charge in [0, 0.05) is 6.20 Å². The molecule has 2 aromatic rings. The molecule has 0 amide bonds. The molecule has 0 saturated carbocycles. The van der Waals surface area contributed by atoms with Gasteiger partial charge < -0.3 is 4.98 Å². The van der Waals surface area contributed by atoms with Crippen molar-refractivity contribution in [3.63, 3.8) is 0 Å². The third-order valence-electron chi connectivity index (χ3n) is 1.98. The first kappa shape index (κ1) is 7.62. The average Bonchev–Trinajstić information content (AvgIpc) is 2.74. The Morgan fingerprint density at radius 1 is 1.42 bits per heavy atom. The highest BCUT2D eigenvalue weighted by Crippen LogP contribution is 2.26. The van der Waals surface area contributed by atoms with Gasteiger partial charge >= 0.3 is 0 Å². The Bertz CT molecular complexity index is 346. The van der Waals surface area contributed by atoms with E-state index in [2.05, 4.69) is 35.5 Å². The number of hydrogen-bond donors (Lipinski definition) is 1. The number of aromatic amines is 1. The summed E-state index contributed by atoms with van der Waals surface area (Å²) in [5, 5.41) is 2.11. The third kappa shape index (κ3) is 1.18. The molecule has 2 aromatic heterocycles. The van der Waals surface area contributed by atoms with Crippen LogP contribution in [0.3, 0.4) is 0 Å². The van der Waals surface area contributed by atoms with Crippen molar-refractivity contribution in [2.24, 2.45) is 0 Å². The summed E-state index contributed by atoms with van der Waals surface area (Å²) in [7, 11) is 0. The van der Waals surface area contributed by atoms with Crippen LogP contribution in [0.2, 0.25) is 0 Å². The maximum atomic E-state index is 3.27. The lowest BCUT2D eigenvalue weighted by Crippen LogP contribution is -1.79. The topological polar surface area (TPSA) is 15.8 Å². The molecule has 0 radical (unpaired) electrons. The van der Waals surface area contributed by atoms with Gasteiger partial charge in [0.05, 0.1) is 10.6 Å². The lowest BCUT2D eigenvalue weighted by molar-refractivity contribution is 1.15. The van der Waals surface area contributed by atoms with E-state index in [1.807, 2.05) is 6.20 Å². The smallest absolute Gasteiger partial charge is 0.0587 e. The molecular weight excluding hydrogens is 166 g/mol. The quantitative estimate of drug-likeness (QED) is 0.724. The molecule has 0 fully saturated rings. The molecule has 0 bridgehead atoms. The summed E-state index contributed by atoms with van der Waals surface area (Å²) in [5.41, 5.74) is 2.69. The van der Waals surface area contributed by atoms with Crippen LogP contribution in [-0.2, 0) is 6.42 Å². The van der Waals surface area contributed by atoms with E-state index in [4.69, 9.17) is 0 Å². The third-order valence-corrected chi connectivity index (χ3v) is 2.87. The van der Waals surface area contributed by atoms with Gasteiger partial charge in [-0.2, -0.15) is 0 Å². The first-order chi connectivity index (χ1) is 5.92. The van der Waals surface area contributed by atoms with Gasteiger partial charge in [-0.25, -0.2) is 0 Å². The van der Waals surface area contributed by atoms with E-state index < -0.39 is 0 Å². The van der Waals surface area contributed by atoms with Crippen LogP contribution in [-0.4, -0.2) is 4.98 Å². The van der Waals surface area contributed by atoms with Crippen molar-refractivity contribution in [3.8, 4) is 10.6 Å². The van der Waals surface area contributed by atoms with Crippen LogP contribution in [0, 0.1) is 0 Å². The summed E-state index contributed by atoms with van der Waals surface area (Å²) in [6, 6.07) is 6.38. The molecule has 12 heavy (non-hydrogen) atoms. The lowest BCUT2D eigenvalue weighted by Gasteiger charge is -1.96. The van der Waals surface area contributed by atoms with Crippen LogP contribution in [0.25, 0.3) is 10.6 Å². The lowest BCUT2D eigenvalue weighted by atomic mass is 10.2. The highest BCUT2D eigenvalue weighted by Gasteiger charge is 2.04. The van der Waals surface area contributed by atoms with Crippen molar-refractivity contribution in [1.82, 2.24) is 4.98 Å². The minimum atomic E-state index is 1.09. The standard InChI is InChI=1S/C10H11NS/c1-2-8-5-6-11-10(8)9-4-3-7-12-9/h3-7,11H,2H2,1H3. The van der Waals surface area contributed by atoms with Gasteiger partial charge in [-0.05, 0) is 29.5 Å². The zero-order valence-corrected chi connectivity index (χ0v) is 7.82. The Labute approximate surface area is 76.1 Å². The molecule has 62 valence electrons. The van der Waals surface area contributed by atoms with Crippen molar-refractivity contribution in [2.45, 2.75) is 13.3 Å². The largest absolute Gasteiger partial charge is 0.360 e. The fourth-order valence-corrected chi connectivity index (χ4v) is 2.12. The summed E-state index contributed by atoms with van der Waals surface area (Å²) in [6.45, 7) is 2.18. The zero-order valence-electron chi connectivity index (χ0n) is 7.00. The van der Waals surface area contributed by atoms with E-state index in [0.717, 1.165) is 6.42 Å². The fourth-order valence-electron chi connectivity index (χ4n) is 1.35. The van der Waals surface area contributed by atoms with E-state index in [1.54, 1.807) is 11.3 Å². The minimum absolute atomic E-state index is 1.09. The summed E-state index contributed by atoms with van der Waals surface area (Å²) in [5.74, 6) is 0. The Balaban J connectivity index is 2.46. The maximum Gasteiger partial charge on any atom is 0.0587 e. The first-order valence-electron chi connectivity index (χ1n) is 4.12. The van der Waals surface area contributed by atoms with Gasteiger partial charge in [-0.1, -0.05) is 13.0 Å². The molecule has 1 nitrogen and oxygen atoms in total. The number of aromatic nitrogens is 1. The minimum Gasteiger partial charge on any atom is -0.360 e.